The number of benzene rings is 1. The molecule has 1 aromatic rings. The Bertz CT molecular complexity index is 679. The number of rotatable bonds is 10. The lowest BCUT2D eigenvalue weighted by Gasteiger charge is -2.42. The summed E-state index contributed by atoms with van der Waals surface area (Å²) in [6.45, 7) is 5.39. The van der Waals surface area contributed by atoms with Crippen LogP contribution in [0.25, 0.3) is 0 Å². The average molecular weight is 377 g/mol. The maximum Gasteiger partial charge on any atom is 0.224 e. The first-order valence-corrected chi connectivity index (χ1v) is 8.94. The van der Waals surface area contributed by atoms with E-state index in [0.717, 1.165) is 11.3 Å². The second kappa shape index (κ2) is 8.88. The lowest BCUT2D eigenvalue weighted by Crippen LogP contribution is -2.54. The summed E-state index contributed by atoms with van der Waals surface area (Å²) in [6, 6.07) is 7.55. The van der Waals surface area contributed by atoms with Crippen molar-refractivity contribution in [3.8, 4) is 5.75 Å². The molecule has 6 N–H and O–H groups in total. The number of hydrogen-bond donors (Lipinski definition) is 3. The molecule has 0 saturated carbocycles. The van der Waals surface area contributed by atoms with E-state index in [1.54, 1.807) is 27.9 Å². The van der Waals surface area contributed by atoms with Gasteiger partial charge >= 0.3 is 0 Å². The van der Waals surface area contributed by atoms with Crippen LogP contribution >= 0.6 is 0 Å². The Morgan fingerprint density at radius 2 is 1.59 bits per heavy atom. The maximum atomic E-state index is 12.5. The van der Waals surface area contributed by atoms with Gasteiger partial charge in [0.15, 0.2) is 0 Å². The van der Waals surface area contributed by atoms with Crippen LogP contribution in [0.5, 0.6) is 5.75 Å². The Hall–Kier alpha value is -2.57. The highest BCUT2D eigenvalue weighted by Crippen LogP contribution is 2.46. The number of carbonyl (C=O) groups is 3. The molecule has 27 heavy (non-hydrogen) atoms. The zero-order valence-corrected chi connectivity index (χ0v) is 16.6. The second-order valence-corrected chi connectivity index (χ2v) is 8.07. The highest BCUT2D eigenvalue weighted by atomic mass is 16.5. The zero-order valence-electron chi connectivity index (χ0n) is 16.6. The topological polar surface area (TPSA) is 138 Å². The van der Waals surface area contributed by atoms with E-state index in [1.807, 2.05) is 24.3 Å². The number of primary amides is 3. The fourth-order valence-electron chi connectivity index (χ4n) is 3.93. The van der Waals surface area contributed by atoms with Gasteiger partial charge in [0, 0.05) is 6.42 Å². The molecule has 3 amide bonds. The quantitative estimate of drug-likeness (QED) is 0.569. The maximum absolute atomic E-state index is 12.5. The molecule has 1 aromatic carbocycles. The lowest BCUT2D eigenvalue weighted by atomic mass is 9.59. The third-order valence-corrected chi connectivity index (χ3v) is 4.93. The van der Waals surface area contributed by atoms with E-state index in [4.69, 9.17) is 21.9 Å². The summed E-state index contributed by atoms with van der Waals surface area (Å²) in [4.78, 5) is 36.4. The molecule has 0 heterocycles. The smallest absolute Gasteiger partial charge is 0.224 e. The van der Waals surface area contributed by atoms with Crippen molar-refractivity contribution in [2.45, 2.75) is 46.5 Å². The lowest BCUT2D eigenvalue weighted by molar-refractivity contribution is -0.148. The molecule has 0 aliphatic rings. The Labute approximate surface area is 160 Å². The molecule has 0 spiro atoms. The predicted octanol–water partition coefficient (Wildman–Crippen LogP) is 1.51. The van der Waals surface area contributed by atoms with E-state index < -0.39 is 34.5 Å². The van der Waals surface area contributed by atoms with Crippen LogP contribution in [0.2, 0.25) is 0 Å². The van der Waals surface area contributed by atoms with Gasteiger partial charge < -0.3 is 21.9 Å². The third-order valence-electron chi connectivity index (χ3n) is 4.93. The minimum absolute atomic E-state index is 0.238. The highest BCUT2D eigenvalue weighted by molar-refractivity contribution is 5.93. The molecule has 7 nitrogen and oxygen atoms in total. The third kappa shape index (κ3) is 5.70. The average Bonchev–Trinajstić information content (AvgIpc) is 2.52. The summed E-state index contributed by atoms with van der Waals surface area (Å²) in [7, 11) is 1.59. The van der Waals surface area contributed by atoms with Crippen LogP contribution in [0.15, 0.2) is 24.3 Å². The molecule has 0 aliphatic heterocycles. The molecule has 0 unspecified atom stereocenters. The molecule has 150 valence electrons. The zero-order chi connectivity index (χ0) is 20.8. The van der Waals surface area contributed by atoms with Gasteiger partial charge in [0.25, 0.3) is 0 Å². The minimum Gasteiger partial charge on any atom is -0.497 e. The van der Waals surface area contributed by atoms with Crippen LogP contribution in [0.4, 0.5) is 0 Å². The first-order valence-electron chi connectivity index (χ1n) is 8.94. The van der Waals surface area contributed by atoms with Crippen molar-refractivity contribution in [3.63, 3.8) is 0 Å². The van der Waals surface area contributed by atoms with Gasteiger partial charge in [-0.25, -0.2) is 0 Å². The van der Waals surface area contributed by atoms with E-state index in [9.17, 15) is 14.4 Å². The molecule has 0 saturated heterocycles. The van der Waals surface area contributed by atoms with Gasteiger partial charge in [0.2, 0.25) is 17.7 Å². The summed E-state index contributed by atoms with van der Waals surface area (Å²) < 4.78 is 5.13. The van der Waals surface area contributed by atoms with E-state index >= 15 is 0 Å². The van der Waals surface area contributed by atoms with Crippen LogP contribution in [-0.4, -0.2) is 24.8 Å². The van der Waals surface area contributed by atoms with Gasteiger partial charge in [0.05, 0.1) is 18.4 Å². The van der Waals surface area contributed by atoms with Gasteiger partial charge in [-0.2, -0.15) is 0 Å². The molecule has 0 aliphatic carbocycles. The number of carbonyl (C=O) groups excluding carboxylic acids is 3. The van der Waals surface area contributed by atoms with E-state index in [2.05, 4.69) is 0 Å². The largest absolute Gasteiger partial charge is 0.497 e. The number of hydrogen-bond acceptors (Lipinski definition) is 4. The molecule has 0 radical (unpaired) electrons. The van der Waals surface area contributed by atoms with Crippen molar-refractivity contribution in [2.24, 2.45) is 33.9 Å². The monoisotopic (exact) mass is 377 g/mol. The molecule has 2 atom stereocenters. The van der Waals surface area contributed by atoms with E-state index in [-0.39, 0.29) is 12.8 Å². The van der Waals surface area contributed by atoms with Gasteiger partial charge in [-0.1, -0.05) is 32.9 Å². The van der Waals surface area contributed by atoms with Crippen molar-refractivity contribution in [1.29, 1.82) is 0 Å². The minimum atomic E-state index is -1.41. The molecule has 0 fully saturated rings. The summed E-state index contributed by atoms with van der Waals surface area (Å²) in [5.41, 5.74) is 15.7. The van der Waals surface area contributed by atoms with Crippen molar-refractivity contribution < 1.29 is 19.1 Å². The van der Waals surface area contributed by atoms with Crippen LogP contribution in [-0.2, 0) is 20.8 Å². The summed E-state index contributed by atoms with van der Waals surface area (Å²) in [5.74, 6) is -2.23. The van der Waals surface area contributed by atoms with Gasteiger partial charge in [0.1, 0.15) is 5.75 Å². The summed E-state index contributed by atoms with van der Waals surface area (Å²) in [5, 5.41) is 0. The number of nitrogens with two attached hydrogens (primary N) is 3. The number of amides is 3. The fraction of sp³-hybridized carbons (Fsp3) is 0.550. The molecule has 7 heteroatoms. The Kier molecular flexibility index (Phi) is 7.39. The van der Waals surface area contributed by atoms with Crippen LogP contribution in [0, 0.1) is 16.7 Å². The molecule has 1 rings (SSSR count). The molecule has 0 aromatic heterocycles. The predicted molar refractivity (Wildman–Crippen MR) is 104 cm³/mol. The summed E-state index contributed by atoms with van der Waals surface area (Å²) in [6.07, 6.45) is 1.12. The fourth-order valence-corrected chi connectivity index (χ4v) is 3.93. The normalized spacial score (nSPS) is 14.8. The number of ether oxygens (including phenoxy) is 1. The Morgan fingerprint density at radius 3 is 1.96 bits per heavy atom. The standard InChI is InChI=1S/C20H31N3O4/c1-19(2,3)16(17(22)25)20(18(23)26,12-15(21)24)11-5-6-13-7-9-14(27-4)10-8-13/h7-10,16H,5-6,11-12H2,1-4H3,(H2,21,24)(H2,22,25)(H2,23,26)/t16-,20+/m0/s1. The van der Waals surface area contributed by atoms with Crippen molar-refractivity contribution in [1.82, 2.24) is 0 Å². The Balaban J connectivity index is 3.14. The first-order chi connectivity index (χ1) is 12.4. The van der Waals surface area contributed by atoms with Gasteiger partial charge in [-0.3, -0.25) is 14.4 Å². The number of aryl methyl sites for hydroxylation is 1. The van der Waals surface area contributed by atoms with Gasteiger partial charge in [-0.15, -0.1) is 0 Å². The molecular formula is C20H31N3O4. The van der Waals surface area contributed by atoms with Crippen LogP contribution in [0.1, 0.15) is 45.6 Å². The SMILES string of the molecule is COc1ccc(CCC[C@](CC(N)=O)(C(N)=O)[C@@H](C(N)=O)C(C)(C)C)cc1. The first kappa shape index (κ1) is 22.5. The molecular weight excluding hydrogens is 346 g/mol. The highest BCUT2D eigenvalue weighted by Gasteiger charge is 2.52. The van der Waals surface area contributed by atoms with Crippen molar-refractivity contribution in [2.75, 3.05) is 7.11 Å². The van der Waals surface area contributed by atoms with E-state index in [0.29, 0.717) is 12.8 Å². The van der Waals surface area contributed by atoms with Crippen molar-refractivity contribution in [3.05, 3.63) is 29.8 Å². The Morgan fingerprint density at radius 1 is 1.04 bits per heavy atom. The summed E-state index contributed by atoms with van der Waals surface area (Å²) >= 11 is 0. The van der Waals surface area contributed by atoms with Crippen LogP contribution < -0.4 is 21.9 Å². The van der Waals surface area contributed by atoms with Crippen molar-refractivity contribution >= 4 is 17.7 Å². The number of methoxy groups -OCH3 is 1. The van der Waals surface area contributed by atoms with E-state index in [1.165, 1.54) is 0 Å². The second-order valence-electron chi connectivity index (χ2n) is 8.07. The van der Waals surface area contributed by atoms with Gasteiger partial charge in [-0.05, 0) is 42.4 Å². The molecule has 0 bridgehead atoms. The van der Waals surface area contributed by atoms with Crippen LogP contribution in [0.3, 0.4) is 0 Å².